The average molecular weight is 199 g/mol. The molecule has 0 fully saturated rings. The zero-order chi connectivity index (χ0) is 7.78. The Kier molecular flexibility index (Phi) is 7.76. The van der Waals surface area contributed by atoms with Crippen molar-refractivity contribution < 1.29 is 0 Å². The molecule has 0 atom stereocenters. The molecule has 2 rings (SSSR count). The number of hydrogen-bond acceptors (Lipinski definition) is 1. The van der Waals surface area contributed by atoms with Crippen LogP contribution in [-0.2, 0) is 0 Å². The second-order valence-corrected chi connectivity index (χ2v) is 2.76. The molecule has 0 nitrogen and oxygen atoms in total. The van der Waals surface area contributed by atoms with Crippen molar-refractivity contribution >= 4 is 23.7 Å². The molecule has 0 unspecified atom stereocenters. The van der Waals surface area contributed by atoms with Crippen LogP contribution in [0.1, 0.15) is 0 Å². The van der Waals surface area contributed by atoms with Gasteiger partial charge in [0.1, 0.15) is 0 Å². The number of hydrogen-bond donors (Lipinski definition) is 0. The van der Waals surface area contributed by atoms with Gasteiger partial charge in [-0.3, -0.25) is 0 Å². The Morgan fingerprint density at radius 3 is 1.00 bits per heavy atom. The van der Waals surface area contributed by atoms with E-state index in [2.05, 4.69) is 0 Å². The summed E-state index contributed by atoms with van der Waals surface area (Å²) < 4.78 is 0. The fraction of sp³-hybridized carbons (Fsp3) is 0. The van der Waals surface area contributed by atoms with E-state index in [0.717, 1.165) is 0 Å². The van der Waals surface area contributed by atoms with Crippen LogP contribution in [0, 0.1) is 0 Å². The van der Waals surface area contributed by atoms with Gasteiger partial charge in [0.25, 0.3) is 0 Å². The molecule has 1 aromatic heterocycles. The molecule has 0 radical (unpaired) electrons. The maximum atomic E-state index is 2.04. The first-order chi connectivity index (χ1) is 5.50. The third kappa shape index (κ3) is 5.96. The molecule has 0 saturated heterocycles. The minimum Gasteiger partial charge on any atom is -0.152 e. The average Bonchev–Trinajstić information content (AvgIpc) is 2.64. The van der Waals surface area contributed by atoms with Crippen LogP contribution in [0.25, 0.3) is 0 Å². The van der Waals surface area contributed by atoms with Crippen LogP contribution in [-0.4, -0.2) is 0 Å². The van der Waals surface area contributed by atoms with E-state index >= 15 is 0 Å². The minimum atomic E-state index is 0. The van der Waals surface area contributed by atoms with E-state index in [9.17, 15) is 0 Å². The van der Waals surface area contributed by atoms with E-state index in [1.54, 1.807) is 11.3 Å². The SMILES string of the molecule is Cl.c1ccccc1.c1ccsc1. The molecule has 1 heterocycles. The third-order valence-electron chi connectivity index (χ3n) is 1.09. The molecule has 12 heavy (non-hydrogen) atoms. The third-order valence-corrected chi connectivity index (χ3v) is 1.72. The molecule has 0 N–H and O–H groups in total. The van der Waals surface area contributed by atoms with Gasteiger partial charge in [0.2, 0.25) is 0 Å². The summed E-state index contributed by atoms with van der Waals surface area (Å²) in [5.41, 5.74) is 0. The highest BCUT2D eigenvalue weighted by Crippen LogP contribution is 1.91. The highest BCUT2D eigenvalue weighted by molar-refractivity contribution is 7.07. The zero-order valence-corrected chi connectivity index (χ0v) is 8.22. The predicted octanol–water partition coefficient (Wildman–Crippen LogP) is 3.86. The van der Waals surface area contributed by atoms with Gasteiger partial charge in [-0.25, -0.2) is 0 Å². The van der Waals surface area contributed by atoms with E-state index < -0.39 is 0 Å². The summed E-state index contributed by atoms with van der Waals surface area (Å²) in [6.45, 7) is 0. The lowest BCUT2D eigenvalue weighted by Gasteiger charge is -1.69. The van der Waals surface area contributed by atoms with Gasteiger partial charge in [-0.05, 0) is 10.8 Å². The minimum absolute atomic E-state index is 0. The molecule has 1 aromatic carbocycles. The number of thiophene rings is 1. The van der Waals surface area contributed by atoms with Crippen LogP contribution in [0.4, 0.5) is 0 Å². The molecule has 64 valence electrons. The fourth-order valence-corrected chi connectivity index (χ4v) is 1.07. The zero-order valence-electron chi connectivity index (χ0n) is 6.59. The van der Waals surface area contributed by atoms with Crippen molar-refractivity contribution in [3.63, 3.8) is 0 Å². The van der Waals surface area contributed by atoms with E-state index in [-0.39, 0.29) is 12.4 Å². The number of rotatable bonds is 0. The van der Waals surface area contributed by atoms with Crippen LogP contribution < -0.4 is 0 Å². The first kappa shape index (κ1) is 11.2. The van der Waals surface area contributed by atoms with Crippen molar-refractivity contribution in [1.29, 1.82) is 0 Å². The molecule has 2 aromatic rings. The molecule has 0 aliphatic heterocycles. The molecule has 0 bridgehead atoms. The lowest BCUT2D eigenvalue weighted by Crippen LogP contribution is -1.47. The van der Waals surface area contributed by atoms with Gasteiger partial charge in [0, 0.05) is 0 Å². The Labute approximate surface area is 83.3 Å². The van der Waals surface area contributed by atoms with Gasteiger partial charge in [-0.2, -0.15) is 11.3 Å². The van der Waals surface area contributed by atoms with Crippen LogP contribution in [0.2, 0.25) is 0 Å². The van der Waals surface area contributed by atoms with E-state index in [1.165, 1.54) is 0 Å². The van der Waals surface area contributed by atoms with E-state index in [0.29, 0.717) is 0 Å². The summed E-state index contributed by atoms with van der Waals surface area (Å²) in [6, 6.07) is 16.0. The molecule has 0 spiro atoms. The van der Waals surface area contributed by atoms with Gasteiger partial charge in [0.15, 0.2) is 0 Å². The molecule has 0 aliphatic carbocycles. The van der Waals surface area contributed by atoms with Crippen LogP contribution in [0.15, 0.2) is 59.3 Å². The fourth-order valence-electron chi connectivity index (χ4n) is 0.612. The first-order valence-electron chi connectivity index (χ1n) is 3.47. The van der Waals surface area contributed by atoms with Gasteiger partial charge in [-0.1, -0.05) is 48.5 Å². The van der Waals surface area contributed by atoms with Crippen LogP contribution >= 0.6 is 23.7 Å². The second kappa shape index (κ2) is 8.31. The van der Waals surface area contributed by atoms with Gasteiger partial charge >= 0.3 is 0 Å². The van der Waals surface area contributed by atoms with E-state index in [1.807, 2.05) is 59.3 Å². The van der Waals surface area contributed by atoms with Crippen molar-refractivity contribution in [3.05, 3.63) is 59.3 Å². The highest BCUT2D eigenvalue weighted by Gasteiger charge is 1.58. The monoisotopic (exact) mass is 198 g/mol. The summed E-state index contributed by atoms with van der Waals surface area (Å²) in [5, 5.41) is 4.08. The summed E-state index contributed by atoms with van der Waals surface area (Å²) in [7, 11) is 0. The lowest BCUT2D eigenvalue weighted by atomic mass is 10.4. The standard InChI is InChI=1S/C6H6.C4H4S.ClH/c1-2-4-6-5-3-1;1-2-4-5-3-1;/h1-6H;1-4H;1H. The molecular formula is C10H11ClS. The first-order valence-corrected chi connectivity index (χ1v) is 4.41. The van der Waals surface area contributed by atoms with E-state index in [4.69, 9.17) is 0 Å². The van der Waals surface area contributed by atoms with Gasteiger partial charge < -0.3 is 0 Å². The van der Waals surface area contributed by atoms with Crippen molar-refractivity contribution in [2.75, 3.05) is 0 Å². The summed E-state index contributed by atoms with van der Waals surface area (Å²) >= 11 is 1.71. The summed E-state index contributed by atoms with van der Waals surface area (Å²) in [4.78, 5) is 0. The Morgan fingerprint density at radius 1 is 0.500 bits per heavy atom. The maximum absolute atomic E-state index is 2.04. The Balaban J connectivity index is 0.000000189. The molecular weight excluding hydrogens is 188 g/mol. The smallest absolute Gasteiger partial charge is 0.00934 e. The Hall–Kier alpha value is -0.790. The van der Waals surface area contributed by atoms with Gasteiger partial charge in [-0.15, -0.1) is 12.4 Å². The maximum Gasteiger partial charge on any atom is -0.00934 e. The van der Waals surface area contributed by atoms with Crippen LogP contribution in [0.5, 0.6) is 0 Å². The van der Waals surface area contributed by atoms with Crippen molar-refractivity contribution in [1.82, 2.24) is 0 Å². The molecule has 0 aliphatic rings. The second-order valence-electron chi connectivity index (χ2n) is 1.95. The Bertz CT molecular complexity index is 196. The normalized spacial score (nSPS) is 7.33. The lowest BCUT2D eigenvalue weighted by molar-refractivity contribution is 1.72. The summed E-state index contributed by atoms with van der Waals surface area (Å²) in [5.74, 6) is 0. The summed E-state index contributed by atoms with van der Waals surface area (Å²) in [6.07, 6.45) is 0. The highest BCUT2D eigenvalue weighted by atomic mass is 35.5. The number of benzene rings is 1. The molecule has 0 amide bonds. The molecule has 0 saturated carbocycles. The Morgan fingerprint density at radius 2 is 0.833 bits per heavy atom. The quantitative estimate of drug-likeness (QED) is 0.603. The van der Waals surface area contributed by atoms with Crippen molar-refractivity contribution in [2.24, 2.45) is 0 Å². The molecule has 2 heteroatoms. The van der Waals surface area contributed by atoms with Crippen LogP contribution in [0.3, 0.4) is 0 Å². The number of halogens is 1. The van der Waals surface area contributed by atoms with Crippen molar-refractivity contribution in [2.45, 2.75) is 0 Å². The topological polar surface area (TPSA) is 0 Å². The van der Waals surface area contributed by atoms with Gasteiger partial charge in [0.05, 0.1) is 0 Å². The van der Waals surface area contributed by atoms with Crippen molar-refractivity contribution in [3.8, 4) is 0 Å². The largest absolute Gasteiger partial charge is 0.152 e. The predicted molar refractivity (Wildman–Crippen MR) is 58.0 cm³/mol.